The maximum absolute atomic E-state index is 10.4. The lowest BCUT2D eigenvalue weighted by Gasteiger charge is -2.15. The summed E-state index contributed by atoms with van der Waals surface area (Å²) in [4.78, 5) is 0. The summed E-state index contributed by atoms with van der Waals surface area (Å²) in [5, 5.41) is 11.9. The summed E-state index contributed by atoms with van der Waals surface area (Å²) in [6.45, 7) is -17.8. The number of methoxy groups -OCH3 is 1. The molecular formula is C15H25NO3. The van der Waals surface area contributed by atoms with Crippen molar-refractivity contribution in [3.05, 3.63) is 29.7 Å². The van der Waals surface area contributed by atoms with Gasteiger partial charge in [-0.3, -0.25) is 0 Å². The van der Waals surface area contributed by atoms with Gasteiger partial charge in [-0.25, -0.2) is 0 Å². The number of aliphatic hydroxyl groups is 1. The summed E-state index contributed by atoms with van der Waals surface area (Å²) in [5.41, 5.74) is -1.35. The highest BCUT2D eigenvalue weighted by Gasteiger charge is 2.05. The van der Waals surface area contributed by atoms with Crippen LogP contribution in [0.1, 0.15) is 48.1 Å². The molecule has 1 unspecified atom stereocenters. The predicted octanol–water partition coefficient (Wildman–Crippen LogP) is 1.61. The molecule has 0 spiro atoms. The first-order valence-electron chi connectivity index (χ1n) is 15.3. The van der Waals surface area contributed by atoms with Crippen molar-refractivity contribution < 1.29 is 43.4 Å². The van der Waals surface area contributed by atoms with E-state index < -0.39 is 94.4 Å². The molecule has 0 amide bonds. The minimum atomic E-state index is -3.75. The standard InChI is InChI=1S/C15H25NO3/c1-12(2)16-10-14(17)11-19-15-6-4-13(5-7-15)8-9-18-3/h4-7,12,14,16-17H,8-11H2,1-3H3/i1D3,2D3,3D3,4D,5D,6D,7D,8D2,9D2,10D2,11D2. The van der Waals surface area contributed by atoms with E-state index in [0.717, 1.165) is 0 Å². The Balaban J connectivity index is 3.58. The van der Waals surface area contributed by atoms with Crippen molar-refractivity contribution in [2.24, 2.45) is 0 Å². The molecule has 0 aromatic heterocycles. The number of nitrogens with one attached hydrogen (secondary N) is 1. The fourth-order valence-corrected chi connectivity index (χ4v) is 0.798. The molecule has 0 radical (unpaired) electrons. The summed E-state index contributed by atoms with van der Waals surface area (Å²) in [6.07, 6.45) is -6.73. The van der Waals surface area contributed by atoms with Gasteiger partial charge < -0.3 is 19.9 Å². The Morgan fingerprint density at radius 1 is 1.42 bits per heavy atom. The third-order valence-electron chi connectivity index (χ3n) is 1.47. The van der Waals surface area contributed by atoms with E-state index in [1.54, 1.807) is 0 Å². The summed E-state index contributed by atoms with van der Waals surface area (Å²) < 4.78 is 169. The van der Waals surface area contributed by atoms with Gasteiger partial charge in [0.05, 0.1) is 21.6 Å². The molecule has 108 valence electrons. The molecular weight excluding hydrogens is 242 g/mol. The van der Waals surface area contributed by atoms with E-state index in [-0.39, 0.29) is 0 Å². The van der Waals surface area contributed by atoms with Gasteiger partial charge in [-0.15, -0.1) is 0 Å². The average Bonchev–Trinajstić information content (AvgIpc) is 2.69. The average molecular weight is 288 g/mol. The summed E-state index contributed by atoms with van der Waals surface area (Å²) in [6, 6.07) is -8.09. The number of hydrogen-bond donors (Lipinski definition) is 2. The van der Waals surface area contributed by atoms with Gasteiger partial charge in [0.1, 0.15) is 18.4 Å². The monoisotopic (exact) mass is 288 g/mol. The van der Waals surface area contributed by atoms with Gasteiger partial charge in [0, 0.05) is 33.3 Å². The second kappa shape index (κ2) is 8.91. The lowest BCUT2D eigenvalue weighted by Crippen LogP contribution is -2.35. The van der Waals surface area contributed by atoms with Crippen molar-refractivity contribution in [1.29, 1.82) is 0 Å². The molecule has 1 aromatic carbocycles. The van der Waals surface area contributed by atoms with E-state index in [9.17, 15) is 5.11 Å². The molecule has 0 heterocycles. The van der Waals surface area contributed by atoms with Crippen molar-refractivity contribution in [1.82, 2.24) is 5.32 Å². The van der Waals surface area contributed by atoms with E-state index in [4.69, 9.17) is 33.5 Å². The number of benzene rings is 1. The van der Waals surface area contributed by atoms with Gasteiger partial charge in [-0.2, -0.15) is 0 Å². The molecule has 0 aliphatic rings. The van der Waals surface area contributed by atoms with Crippen molar-refractivity contribution in [2.45, 2.75) is 32.2 Å². The molecule has 1 atom stereocenters. The number of hydrogen-bond acceptors (Lipinski definition) is 4. The predicted molar refractivity (Wildman–Crippen MR) is 76.7 cm³/mol. The molecule has 2 N–H and O–H groups in total. The van der Waals surface area contributed by atoms with Gasteiger partial charge in [-0.1, -0.05) is 25.8 Å². The van der Waals surface area contributed by atoms with Crippen LogP contribution in [0.3, 0.4) is 0 Å². The second-order valence-electron chi connectivity index (χ2n) is 2.88. The highest BCUT2D eigenvalue weighted by Crippen LogP contribution is 2.12. The van der Waals surface area contributed by atoms with E-state index >= 15 is 0 Å². The van der Waals surface area contributed by atoms with E-state index in [1.807, 2.05) is 0 Å². The lowest BCUT2D eigenvalue weighted by atomic mass is 10.1. The third-order valence-corrected chi connectivity index (χ3v) is 1.47. The van der Waals surface area contributed by atoms with Crippen LogP contribution >= 0.6 is 0 Å². The molecule has 0 aliphatic carbocycles. The van der Waals surface area contributed by atoms with Gasteiger partial charge in [0.2, 0.25) is 0 Å². The topological polar surface area (TPSA) is 50.7 Å². The largest absolute Gasteiger partial charge is 0.491 e. The minimum absolute atomic E-state index is 1.34. The summed E-state index contributed by atoms with van der Waals surface area (Å²) in [5.74, 6) is -1.34. The first kappa shape index (κ1) is 3.38. The van der Waals surface area contributed by atoms with Crippen molar-refractivity contribution in [3.63, 3.8) is 0 Å². The molecule has 0 bridgehead atoms. The smallest absolute Gasteiger partial charge is 0.119 e. The normalized spacial score (nSPS) is 33.9. The molecule has 1 aromatic rings. The second-order valence-corrected chi connectivity index (χ2v) is 2.88. The van der Waals surface area contributed by atoms with E-state index in [1.165, 1.54) is 5.32 Å². The minimum Gasteiger partial charge on any atom is -0.491 e. The zero-order valence-corrected chi connectivity index (χ0v) is 9.42. The van der Waals surface area contributed by atoms with Crippen LogP contribution in [0.2, 0.25) is 0 Å². The first-order valence-corrected chi connectivity index (χ1v) is 4.77. The summed E-state index contributed by atoms with van der Waals surface area (Å²) in [7, 11) is -3.49. The Morgan fingerprint density at radius 3 is 2.89 bits per heavy atom. The molecule has 0 saturated heterocycles. The quantitative estimate of drug-likeness (QED) is 0.725. The Morgan fingerprint density at radius 2 is 2.21 bits per heavy atom. The number of rotatable bonds is 9. The van der Waals surface area contributed by atoms with Crippen LogP contribution in [-0.2, 0) is 11.1 Å². The van der Waals surface area contributed by atoms with Gasteiger partial charge in [0.15, 0.2) is 0 Å². The van der Waals surface area contributed by atoms with Crippen LogP contribution in [0.5, 0.6) is 5.75 Å². The Kier molecular flexibility index (Phi) is 1.58. The van der Waals surface area contributed by atoms with Crippen LogP contribution < -0.4 is 10.1 Å². The zero-order valence-electron chi connectivity index (χ0n) is 30.4. The highest BCUT2D eigenvalue weighted by atomic mass is 16.5. The van der Waals surface area contributed by atoms with Crippen molar-refractivity contribution in [3.8, 4) is 5.75 Å². The zero-order chi connectivity index (χ0) is 32.2. The fourth-order valence-electron chi connectivity index (χ4n) is 0.798. The van der Waals surface area contributed by atoms with Gasteiger partial charge >= 0.3 is 0 Å². The van der Waals surface area contributed by atoms with Crippen LogP contribution in [0.15, 0.2) is 24.2 Å². The van der Waals surface area contributed by atoms with Crippen LogP contribution in [0, 0.1) is 0 Å². The lowest BCUT2D eigenvalue weighted by molar-refractivity contribution is 0.104. The van der Waals surface area contributed by atoms with Crippen LogP contribution in [0.25, 0.3) is 0 Å². The first-order chi connectivity index (χ1) is 17.3. The molecule has 4 nitrogen and oxygen atoms in total. The van der Waals surface area contributed by atoms with Gasteiger partial charge in [-0.05, 0) is 24.0 Å². The molecule has 0 fully saturated rings. The molecule has 0 aliphatic heterocycles. The van der Waals surface area contributed by atoms with Crippen molar-refractivity contribution in [2.75, 3.05) is 26.7 Å². The van der Waals surface area contributed by atoms with Crippen molar-refractivity contribution >= 4 is 0 Å². The molecule has 4 heteroatoms. The van der Waals surface area contributed by atoms with E-state index in [2.05, 4.69) is 4.74 Å². The molecule has 0 saturated carbocycles. The maximum atomic E-state index is 10.4. The Hall–Kier alpha value is -1.10. The van der Waals surface area contributed by atoms with Crippen LogP contribution in [0.4, 0.5) is 0 Å². The molecule has 19 heavy (non-hydrogen) atoms. The maximum Gasteiger partial charge on any atom is 0.119 e. The Labute approximate surface area is 145 Å². The van der Waals surface area contributed by atoms with Crippen LogP contribution in [-0.4, -0.2) is 43.9 Å². The molecule has 1 rings (SSSR count). The fraction of sp³-hybridized carbons (Fsp3) is 0.600. The Bertz CT molecular complexity index is 1030. The van der Waals surface area contributed by atoms with E-state index in [0.29, 0.717) is 0 Å². The SMILES string of the molecule is [2H]c1c([2H])c(C([2H])([2H])C([2H])([2H])OC([2H])([2H])[2H])c([2H])c([2H])c1OC([2H])([2H])C(O)C([2H])([2H])NC(C([2H])([2H])[2H])C([2H])([2H])[2H]. The summed E-state index contributed by atoms with van der Waals surface area (Å²) >= 11 is 0. The van der Waals surface area contributed by atoms with Gasteiger partial charge in [0.25, 0.3) is 0 Å². The highest BCUT2D eigenvalue weighted by molar-refractivity contribution is 5.27. The third kappa shape index (κ3) is 7.15. The number of aliphatic hydroxyl groups excluding tert-OH is 1. The number of ether oxygens (including phenoxy) is 2.